The lowest BCUT2D eigenvalue weighted by atomic mass is 9.69. The Morgan fingerprint density at radius 3 is 2.35 bits per heavy atom. The number of rotatable bonds is 5. The van der Waals surface area contributed by atoms with Gasteiger partial charge in [0.1, 0.15) is 5.69 Å². The molecule has 2 amide bonds. The van der Waals surface area contributed by atoms with Gasteiger partial charge in [0.2, 0.25) is 0 Å². The quantitative estimate of drug-likeness (QED) is 0.626. The molecule has 1 N–H and O–H groups in total. The lowest BCUT2D eigenvalue weighted by Crippen LogP contribution is -2.55. The largest absolute Gasteiger partial charge is 0.433 e. The van der Waals surface area contributed by atoms with E-state index < -0.39 is 11.9 Å². The topological polar surface area (TPSA) is 48.5 Å². The number of hydrogen-bond acceptors (Lipinski definition) is 3. The molecule has 0 atom stereocenters. The second-order valence-corrected chi connectivity index (χ2v) is 10.2. The highest BCUT2D eigenvalue weighted by Gasteiger charge is 2.55. The zero-order valence-corrected chi connectivity index (χ0v) is 19.7. The second-order valence-electron chi connectivity index (χ2n) is 10.2. The third kappa shape index (κ3) is 3.96. The van der Waals surface area contributed by atoms with E-state index in [4.69, 9.17) is 0 Å². The number of halogens is 3. The number of urea groups is 1. The van der Waals surface area contributed by atoms with Gasteiger partial charge in [0, 0.05) is 12.1 Å². The van der Waals surface area contributed by atoms with E-state index in [1.54, 1.807) is 11.8 Å². The highest BCUT2D eigenvalue weighted by atomic mass is 19.4. The van der Waals surface area contributed by atoms with Crippen molar-refractivity contribution in [2.75, 3.05) is 25.0 Å². The third-order valence-corrected chi connectivity index (χ3v) is 8.13. The van der Waals surface area contributed by atoms with Crippen molar-refractivity contribution in [2.24, 2.45) is 5.92 Å². The molecule has 1 spiro atoms. The standard InChI is InChI=1S/C26H31F3N4O/c1-18-14-22(26(27,28)29)31-15-21(18)32-17-24(33(23(32)34)16-19-8-9-19)10-12-25(30-2,13-11-24)20-6-4-3-5-7-20/h3-7,14-15,19,30H,8-13,16-17H2,1-2H3/t24-,25-. The number of carbonyl (C=O) groups is 1. The summed E-state index contributed by atoms with van der Waals surface area (Å²) in [5.74, 6) is 0.526. The van der Waals surface area contributed by atoms with Crippen LogP contribution in [-0.2, 0) is 11.7 Å². The lowest BCUT2D eigenvalue weighted by Gasteiger charge is -2.48. The maximum Gasteiger partial charge on any atom is 0.433 e. The second kappa shape index (κ2) is 8.26. The first-order chi connectivity index (χ1) is 16.2. The van der Waals surface area contributed by atoms with Crippen molar-refractivity contribution in [3.8, 4) is 0 Å². The van der Waals surface area contributed by atoms with Crippen molar-refractivity contribution in [1.29, 1.82) is 0 Å². The SMILES string of the molecule is CN[C@]1(c2ccccc2)CC[C@@]2(CC1)CN(c1cnc(C(F)(F)F)cc1C)C(=O)N2CC1CC1. The Labute approximate surface area is 198 Å². The van der Waals surface area contributed by atoms with Gasteiger partial charge < -0.3 is 10.2 Å². The molecule has 0 bridgehead atoms. The van der Waals surface area contributed by atoms with Crippen molar-refractivity contribution >= 4 is 11.7 Å². The van der Waals surface area contributed by atoms with E-state index in [0.29, 0.717) is 23.7 Å². The molecule has 8 heteroatoms. The van der Waals surface area contributed by atoms with Crippen LogP contribution in [0.5, 0.6) is 0 Å². The summed E-state index contributed by atoms with van der Waals surface area (Å²) in [6.45, 7) is 2.83. The minimum Gasteiger partial charge on any atom is -0.317 e. The smallest absolute Gasteiger partial charge is 0.317 e. The van der Waals surface area contributed by atoms with E-state index in [1.807, 2.05) is 18.0 Å². The number of anilines is 1. The van der Waals surface area contributed by atoms with Crippen molar-refractivity contribution in [3.05, 3.63) is 59.4 Å². The fraction of sp³-hybridized carbons (Fsp3) is 0.538. The van der Waals surface area contributed by atoms with Gasteiger partial charge in [-0.3, -0.25) is 4.90 Å². The van der Waals surface area contributed by atoms with Gasteiger partial charge in [-0.05, 0) is 75.6 Å². The van der Waals surface area contributed by atoms with Crippen LogP contribution < -0.4 is 10.2 Å². The Kier molecular flexibility index (Phi) is 5.62. The summed E-state index contributed by atoms with van der Waals surface area (Å²) in [4.78, 5) is 21.0. The summed E-state index contributed by atoms with van der Waals surface area (Å²) in [7, 11) is 2.00. The van der Waals surface area contributed by atoms with Gasteiger partial charge in [-0.15, -0.1) is 0 Å². The maximum absolute atomic E-state index is 13.7. The summed E-state index contributed by atoms with van der Waals surface area (Å²) in [6, 6.07) is 11.4. The van der Waals surface area contributed by atoms with Crippen LogP contribution in [-0.4, -0.2) is 41.6 Å². The summed E-state index contributed by atoms with van der Waals surface area (Å²) in [5, 5.41) is 3.56. The molecule has 182 valence electrons. The van der Waals surface area contributed by atoms with Crippen molar-refractivity contribution in [3.63, 3.8) is 0 Å². The van der Waals surface area contributed by atoms with Crippen LogP contribution in [0.2, 0.25) is 0 Å². The van der Waals surface area contributed by atoms with Crippen LogP contribution in [0.4, 0.5) is 23.7 Å². The third-order valence-electron chi connectivity index (χ3n) is 8.13. The van der Waals surface area contributed by atoms with E-state index in [9.17, 15) is 18.0 Å². The number of aryl methyl sites for hydroxylation is 1. The van der Waals surface area contributed by atoms with Gasteiger partial charge in [-0.2, -0.15) is 13.2 Å². The molecule has 0 unspecified atom stereocenters. The molecular formula is C26H31F3N4O. The first-order valence-corrected chi connectivity index (χ1v) is 12.0. The fourth-order valence-corrected chi connectivity index (χ4v) is 5.81. The molecule has 1 aromatic carbocycles. The molecule has 0 radical (unpaired) electrons. The Balaban J connectivity index is 1.44. The first kappa shape index (κ1) is 23.1. The lowest BCUT2D eigenvalue weighted by molar-refractivity contribution is -0.141. The Morgan fingerprint density at radius 1 is 1.12 bits per heavy atom. The molecule has 3 aliphatic rings. The average molecular weight is 473 g/mol. The number of nitrogens with one attached hydrogen (secondary N) is 1. The summed E-state index contributed by atoms with van der Waals surface area (Å²) in [5.41, 5.74) is 0.770. The number of aromatic nitrogens is 1. The Morgan fingerprint density at radius 2 is 1.79 bits per heavy atom. The molecular weight excluding hydrogens is 441 g/mol. The van der Waals surface area contributed by atoms with Crippen LogP contribution >= 0.6 is 0 Å². The maximum atomic E-state index is 13.7. The van der Waals surface area contributed by atoms with E-state index >= 15 is 0 Å². The number of pyridine rings is 1. The van der Waals surface area contributed by atoms with Gasteiger partial charge in [-0.1, -0.05) is 30.3 Å². The molecule has 2 aliphatic carbocycles. The van der Waals surface area contributed by atoms with E-state index in [1.165, 1.54) is 11.8 Å². The van der Waals surface area contributed by atoms with E-state index in [-0.39, 0.29) is 17.1 Å². The fourth-order valence-electron chi connectivity index (χ4n) is 5.81. The monoisotopic (exact) mass is 472 g/mol. The van der Waals surface area contributed by atoms with Gasteiger partial charge in [0.25, 0.3) is 0 Å². The number of amides is 2. The molecule has 1 aromatic heterocycles. The van der Waals surface area contributed by atoms with Crippen molar-refractivity contribution in [1.82, 2.24) is 15.2 Å². The highest BCUT2D eigenvalue weighted by molar-refractivity contribution is 5.96. The van der Waals surface area contributed by atoms with E-state index in [0.717, 1.165) is 51.1 Å². The van der Waals surface area contributed by atoms with Crippen molar-refractivity contribution < 1.29 is 18.0 Å². The van der Waals surface area contributed by atoms with Crippen LogP contribution in [0, 0.1) is 12.8 Å². The van der Waals surface area contributed by atoms with Crippen molar-refractivity contribution in [2.45, 2.75) is 62.7 Å². The Hall–Kier alpha value is -2.61. The minimum atomic E-state index is -4.51. The van der Waals surface area contributed by atoms with Crippen LogP contribution in [0.25, 0.3) is 0 Å². The summed E-state index contributed by atoms with van der Waals surface area (Å²) >= 11 is 0. The molecule has 2 aromatic rings. The first-order valence-electron chi connectivity index (χ1n) is 12.0. The number of hydrogen-bond donors (Lipinski definition) is 1. The molecule has 1 aliphatic heterocycles. The van der Waals surface area contributed by atoms with E-state index in [2.05, 4.69) is 34.6 Å². The molecule has 2 saturated carbocycles. The average Bonchev–Trinajstić information content (AvgIpc) is 3.61. The molecule has 2 heterocycles. The van der Waals surface area contributed by atoms with Gasteiger partial charge in [-0.25, -0.2) is 9.78 Å². The zero-order chi connectivity index (χ0) is 24.1. The van der Waals surface area contributed by atoms with Gasteiger partial charge in [0.05, 0.1) is 24.0 Å². The minimum absolute atomic E-state index is 0.103. The van der Waals surface area contributed by atoms with Crippen LogP contribution in [0.15, 0.2) is 42.6 Å². The molecule has 5 rings (SSSR count). The van der Waals surface area contributed by atoms with Crippen LogP contribution in [0.1, 0.15) is 55.3 Å². The summed E-state index contributed by atoms with van der Waals surface area (Å²) in [6.07, 6.45) is 2.43. The summed E-state index contributed by atoms with van der Waals surface area (Å²) < 4.78 is 39.4. The number of benzene rings is 1. The normalized spacial score (nSPS) is 27.6. The molecule has 1 saturated heterocycles. The number of alkyl halides is 3. The predicted molar refractivity (Wildman–Crippen MR) is 125 cm³/mol. The molecule has 5 nitrogen and oxygen atoms in total. The predicted octanol–water partition coefficient (Wildman–Crippen LogP) is 5.49. The number of nitrogens with zero attached hydrogens (tertiary/aromatic N) is 3. The van der Waals surface area contributed by atoms with Crippen LogP contribution in [0.3, 0.4) is 0 Å². The van der Waals surface area contributed by atoms with Gasteiger partial charge in [0.15, 0.2) is 0 Å². The number of carbonyl (C=O) groups excluding carboxylic acids is 1. The molecule has 3 fully saturated rings. The zero-order valence-electron chi connectivity index (χ0n) is 19.7. The Bertz CT molecular complexity index is 1060. The highest BCUT2D eigenvalue weighted by Crippen LogP contribution is 2.49. The van der Waals surface area contributed by atoms with Gasteiger partial charge >= 0.3 is 12.2 Å². The molecule has 34 heavy (non-hydrogen) atoms.